The third kappa shape index (κ3) is 7.92. The predicted molar refractivity (Wildman–Crippen MR) is 218 cm³/mol. The van der Waals surface area contributed by atoms with Crippen LogP contribution in [0.15, 0.2) is 18.2 Å². The van der Waals surface area contributed by atoms with Gasteiger partial charge in [0.2, 0.25) is 0 Å². The van der Waals surface area contributed by atoms with Gasteiger partial charge < -0.3 is 63.8 Å². The lowest BCUT2D eigenvalue weighted by Gasteiger charge is -2.60. The summed E-state index contributed by atoms with van der Waals surface area (Å²) in [5, 5.41) is 67.1. The highest BCUT2D eigenvalue weighted by atomic mass is 19.1. The number of halogens is 2. The van der Waals surface area contributed by atoms with Crippen molar-refractivity contribution in [1.82, 2.24) is 0 Å². The zero-order chi connectivity index (χ0) is 45.6. The van der Waals surface area contributed by atoms with Crippen molar-refractivity contribution in [2.75, 3.05) is 25.1 Å². The summed E-state index contributed by atoms with van der Waals surface area (Å²) in [5.41, 5.74) is -0.768. The number of hydrogen-bond acceptors (Lipinski definition) is 15. The van der Waals surface area contributed by atoms with Crippen LogP contribution in [0.3, 0.4) is 0 Å². The Kier molecular flexibility index (Phi) is 12.8. The third-order valence-corrected chi connectivity index (χ3v) is 17.2. The molecular weight excluding hydrogens is 844 g/mol. The van der Waals surface area contributed by atoms with Gasteiger partial charge in [-0.1, -0.05) is 27.7 Å². The number of fused-ring (bicyclic) bond motifs is 7. The zero-order valence-electron chi connectivity index (χ0n) is 36.8. The van der Waals surface area contributed by atoms with E-state index in [-0.39, 0.29) is 58.3 Å². The van der Waals surface area contributed by atoms with Crippen molar-refractivity contribution in [3.05, 3.63) is 29.8 Å². The molecule has 16 nitrogen and oxygen atoms in total. The van der Waals surface area contributed by atoms with E-state index in [4.69, 9.17) is 33.2 Å². The summed E-state index contributed by atoms with van der Waals surface area (Å²) >= 11 is 0. The van der Waals surface area contributed by atoms with Crippen LogP contribution in [0.1, 0.15) is 85.5 Å². The molecular formula is C46H65F2NO15. The highest BCUT2D eigenvalue weighted by Crippen LogP contribution is 2.70. The average molecular weight is 910 g/mol. The van der Waals surface area contributed by atoms with Gasteiger partial charge in [-0.2, -0.15) is 0 Å². The Hall–Kier alpha value is -2.46. The highest BCUT2D eigenvalue weighted by Gasteiger charge is 2.71. The Morgan fingerprint density at radius 3 is 2.33 bits per heavy atom. The van der Waals surface area contributed by atoms with Crippen molar-refractivity contribution >= 4 is 17.6 Å². The van der Waals surface area contributed by atoms with Crippen molar-refractivity contribution in [3.63, 3.8) is 0 Å². The molecule has 7 N–H and O–H groups in total. The number of rotatable bonds is 8. The SMILES string of the molecule is C[C@@H]1CC[C@@]2(OC1)OC1C[C@H]3[C@@H]4CC[C@H]5C[C@@H](O[C@@H]6O[C@H](CO)[C@@H](O[C@@H]7O[C@H](COC(=O)Nc8ccc(F)cc8F)[C@@H](O)[C@H](O)[C@H]7O)[C@H](O)[C@H]6O)CC[C@]5(C)[C@H]4C(=O)C[C@]3(C)C1[C@@H]2C. The van der Waals surface area contributed by atoms with E-state index in [1.165, 1.54) is 0 Å². The maximum absolute atomic E-state index is 14.6. The Morgan fingerprint density at radius 2 is 1.61 bits per heavy atom. The van der Waals surface area contributed by atoms with Gasteiger partial charge in [0.25, 0.3) is 0 Å². The molecule has 0 bridgehead atoms. The number of nitrogens with one attached hydrogen (secondary N) is 1. The number of benzene rings is 1. The van der Waals surface area contributed by atoms with Crippen LogP contribution in [0, 0.1) is 63.9 Å². The fourth-order valence-electron chi connectivity index (χ4n) is 13.9. The topological polar surface area (TPSA) is 232 Å². The molecule has 2 unspecified atom stereocenters. The molecule has 1 amide bonds. The fourth-order valence-corrected chi connectivity index (χ4v) is 13.9. The van der Waals surface area contributed by atoms with Crippen LogP contribution in [0.25, 0.3) is 0 Å². The fraction of sp³-hybridized carbons (Fsp3) is 0.826. The Labute approximate surface area is 371 Å². The minimum atomic E-state index is -1.90. The van der Waals surface area contributed by atoms with Gasteiger partial charge in [-0.25, -0.2) is 13.6 Å². The van der Waals surface area contributed by atoms with Crippen molar-refractivity contribution in [3.8, 4) is 0 Å². The summed E-state index contributed by atoms with van der Waals surface area (Å²) in [6.45, 7) is 8.37. The number of Topliss-reactive ketones (excluding diaryl/α,β-unsaturated/α-hetero) is 1. The zero-order valence-corrected chi connectivity index (χ0v) is 36.8. The maximum atomic E-state index is 14.6. The second kappa shape index (κ2) is 17.6. The maximum Gasteiger partial charge on any atom is 0.411 e. The van der Waals surface area contributed by atoms with Crippen LogP contribution >= 0.6 is 0 Å². The lowest BCUT2D eigenvalue weighted by atomic mass is 9.44. The van der Waals surface area contributed by atoms with E-state index in [0.29, 0.717) is 49.6 Å². The molecule has 4 saturated heterocycles. The minimum absolute atomic E-state index is 0.0681. The number of anilines is 1. The smallest absolute Gasteiger partial charge is 0.411 e. The lowest BCUT2D eigenvalue weighted by Crippen LogP contribution is -2.65. The van der Waals surface area contributed by atoms with Gasteiger partial charge >= 0.3 is 6.09 Å². The molecule has 8 aliphatic rings. The number of amides is 1. The predicted octanol–water partition coefficient (Wildman–Crippen LogP) is 3.16. The van der Waals surface area contributed by atoms with E-state index < -0.39 is 98.1 Å². The summed E-state index contributed by atoms with van der Waals surface area (Å²) in [4.78, 5) is 26.9. The molecule has 1 aromatic rings. The number of carbonyl (C=O) groups is 2. The molecule has 4 saturated carbocycles. The highest BCUT2D eigenvalue weighted by molar-refractivity contribution is 5.85. The van der Waals surface area contributed by atoms with Crippen LogP contribution in [0.5, 0.6) is 0 Å². The summed E-state index contributed by atoms with van der Waals surface area (Å²) in [6.07, 6.45) is -10.8. The second-order valence-electron chi connectivity index (χ2n) is 20.9. The standard InChI is InChI=1S/C46H65F2NO15/c1-20-9-12-46(59-18-20)21(2)33-30(64-46)15-26-25-7-5-22-13-24(10-11-44(22,3)34(25)29(51)16-45(26,33)4)60-41-39(56)37(54)40(31(17-50)61-41)63-42-38(55)36(53)35(52)32(62-42)19-58-43(57)49-28-8-6-23(47)14-27(28)48/h6,8,14,20-22,24-26,30-42,50,52-56H,5,7,9-13,15-19H2,1-4H3,(H,49,57)/t20-,21+,22+,24+,25+,26+,30?,31-,32-,33?,34-,35-,36+,37-,38-,39-,40-,41-,42+,44+,45+,46-/m1/s1. The average Bonchev–Trinajstić information content (AvgIpc) is 3.70. The van der Waals surface area contributed by atoms with Crippen LogP contribution in [-0.2, 0) is 38.0 Å². The summed E-state index contributed by atoms with van der Waals surface area (Å²) in [5.74, 6) is -0.356. The van der Waals surface area contributed by atoms with Crippen molar-refractivity contribution in [2.24, 2.45) is 52.3 Å². The van der Waals surface area contributed by atoms with E-state index in [2.05, 4.69) is 33.0 Å². The summed E-state index contributed by atoms with van der Waals surface area (Å²) < 4.78 is 69.5. The lowest BCUT2D eigenvalue weighted by molar-refractivity contribution is -0.364. The molecule has 0 aromatic heterocycles. The van der Waals surface area contributed by atoms with Crippen LogP contribution in [0.2, 0.25) is 0 Å². The largest absolute Gasteiger partial charge is 0.446 e. The molecule has 1 aromatic carbocycles. The van der Waals surface area contributed by atoms with E-state index in [0.717, 1.165) is 50.7 Å². The molecule has 0 radical (unpaired) electrons. The molecule has 4 aliphatic heterocycles. The van der Waals surface area contributed by atoms with E-state index in [1.54, 1.807) is 0 Å². The van der Waals surface area contributed by atoms with Gasteiger partial charge in [-0.3, -0.25) is 10.1 Å². The van der Waals surface area contributed by atoms with Gasteiger partial charge in [0, 0.05) is 30.7 Å². The van der Waals surface area contributed by atoms with E-state index >= 15 is 0 Å². The third-order valence-electron chi connectivity index (χ3n) is 17.2. The van der Waals surface area contributed by atoms with Gasteiger partial charge in [-0.05, 0) is 97.5 Å². The van der Waals surface area contributed by atoms with Crippen molar-refractivity contribution in [1.29, 1.82) is 0 Å². The molecule has 64 heavy (non-hydrogen) atoms. The quantitative estimate of drug-likeness (QED) is 0.186. The monoisotopic (exact) mass is 909 g/mol. The molecule has 1 spiro atoms. The van der Waals surface area contributed by atoms with E-state index in [9.17, 15) is 49.0 Å². The Morgan fingerprint density at radius 1 is 0.875 bits per heavy atom. The first kappa shape index (κ1) is 46.6. The molecule has 358 valence electrons. The summed E-state index contributed by atoms with van der Waals surface area (Å²) in [6, 6.07) is 2.45. The van der Waals surface area contributed by atoms with Gasteiger partial charge in [-0.15, -0.1) is 0 Å². The minimum Gasteiger partial charge on any atom is -0.446 e. The van der Waals surface area contributed by atoms with Crippen molar-refractivity contribution < 1.29 is 82.2 Å². The Balaban J connectivity index is 0.803. The van der Waals surface area contributed by atoms with Crippen LogP contribution in [0.4, 0.5) is 19.3 Å². The molecule has 22 atom stereocenters. The number of hydrogen-bond donors (Lipinski definition) is 7. The molecule has 4 aliphatic carbocycles. The van der Waals surface area contributed by atoms with E-state index in [1.807, 2.05) is 0 Å². The van der Waals surface area contributed by atoms with Crippen LogP contribution in [-0.4, -0.2) is 142 Å². The van der Waals surface area contributed by atoms with Crippen LogP contribution < -0.4 is 5.32 Å². The second-order valence-corrected chi connectivity index (χ2v) is 20.9. The van der Waals surface area contributed by atoms with Gasteiger partial charge in [0.1, 0.15) is 72.9 Å². The summed E-state index contributed by atoms with van der Waals surface area (Å²) in [7, 11) is 0. The van der Waals surface area contributed by atoms with Crippen molar-refractivity contribution in [2.45, 2.75) is 165 Å². The molecule has 8 fully saturated rings. The number of carbonyl (C=O) groups excluding carboxylic acids is 2. The normalized spacial score (nSPS) is 50.0. The first-order valence-corrected chi connectivity index (χ1v) is 23.2. The number of aliphatic hydroxyl groups is 6. The molecule has 9 rings (SSSR count). The van der Waals surface area contributed by atoms with Gasteiger partial charge in [0.05, 0.1) is 31.1 Å². The number of aliphatic hydroxyl groups excluding tert-OH is 6. The molecule has 18 heteroatoms. The van der Waals surface area contributed by atoms with Gasteiger partial charge in [0.15, 0.2) is 18.4 Å². The first-order chi connectivity index (χ1) is 30.4. The Bertz CT molecular complexity index is 1890. The number of ketones is 1. The molecule has 4 heterocycles. The number of ether oxygens (including phenoxy) is 7. The first-order valence-electron chi connectivity index (χ1n) is 23.2.